The second-order valence-corrected chi connectivity index (χ2v) is 5.99. The van der Waals surface area contributed by atoms with E-state index in [4.69, 9.17) is 0 Å². The normalized spacial score (nSPS) is 12.3. The van der Waals surface area contributed by atoms with Crippen LogP contribution in [0, 0.1) is 0 Å². The Bertz CT molecular complexity index is 549. The molecule has 1 aromatic carbocycles. The third kappa shape index (κ3) is 5.09. The highest BCUT2D eigenvalue weighted by Gasteiger charge is 2.14. The zero-order valence-corrected chi connectivity index (χ0v) is 13.3. The Morgan fingerprint density at radius 3 is 2.50 bits per heavy atom. The van der Waals surface area contributed by atoms with E-state index in [9.17, 15) is 13.2 Å². The van der Waals surface area contributed by atoms with Crippen LogP contribution in [0.15, 0.2) is 29.2 Å². The fourth-order valence-corrected chi connectivity index (χ4v) is 2.39. The molecular formula is C12H20ClN3O3S. The van der Waals surface area contributed by atoms with Crippen LogP contribution in [0.1, 0.15) is 18.5 Å². The fourth-order valence-electron chi connectivity index (χ4n) is 1.61. The van der Waals surface area contributed by atoms with Crippen molar-refractivity contribution in [2.45, 2.75) is 17.9 Å². The first-order valence-electron chi connectivity index (χ1n) is 5.88. The average molecular weight is 322 g/mol. The largest absolute Gasteiger partial charge is 0.348 e. The van der Waals surface area contributed by atoms with Crippen LogP contribution in [0.3, 0.4) is 0 Å². The fraction of sp³-hybridized carbons (Fsp3) is 0.417. The summed E-state index contributed by atoms with van der Waals surface area (Å²) in [6.45, 7) is 2.03. The summed E-state index contributed by atoms with van der Waals surface area (Å²) < 4.78 is 25.6. The van der Waals surface area contributed by atoms with Crippen molar-refractivity contribution in [1.82, 2.24) is 15.4 Å². The number of halogens is 1. The lowest BCUT2D eigenvalue weighted by Gasteiger charge is -2.15. The topological polar surface area (TPSA) is 87.3 Å². The van der Waals surface area contributed by atoms with Crippen LogP contribution in [0.5, 0.6) is 0 Å². The van der Waals surface area contributed by atoms with Gasteiger partial charge < -0.3 is 10.6 Å². The zero-order chi connectivity index (χ0) is 14.5. The van der Waals surface area contributed by atoms with E-state index in [1.807, 2.05) is 0 Å². The number of nitrogens with one attached hydrogen (secondary N) is 3. The summed E-state index contributed by atoms with van der Waals surface area (Å²) in [5.41, 5.74) is 0.737. The van der Waals surface area contributed by atoms with Crippen LogP contribution >= 0.6 is 12.4 Å². The summed E-state index contributed by atoms with van der Waals surface area (Å²) in [5.74, 6) is -0.142. The molecule has 20 heavy (non-hydrogen) atoms. The molecule has 0 aromatic heterocycles. The van der Waals surface area contributed by atoms with Gasteiger partial charge in [0.05, 0.1) is 17.5 Å². The van der Waals surface area contributed by atoms with E-state index in [1.165, 1.54) is 13.1 Å². The van der Waals surface area contributed by atoms with E-state index in [0.29, 0.717) is 0 Å². The maximum absolute atomic E-state index is 11.7. The van der Waals surface area contributed by atoms with E-state index < -0.39 is 10.0 Å². The van der Waals surface area contributed by atoms with E-state index in [0.717, 1.165) is 5.56 Å². The van der Waals surface area contributed by atoms with Gasteiger partial charge in [-0.1, -0.05) is 12.1 Å². The average Bonchev–Trinajstić information content (AvgIpc) is 2.39. The highest BCUT2D eigenvalue weighted by Crippen LogP contribution is 2.17. The van der Waals surface area contributed by atoms with Crippen molar-refractivity contribution in [2.24, 2.45) is 0 Å². The Labute approximate surface area is 125 Å². The van der Waals surface area contributed by atoms with Crippen LogP contribution in [0.25, 0.3) is 0 Å². The molecule has 3 N–H and O–H groups in total. The molecule has 6 nitrogen and oxygen atoms in total. The lowest BCUT2D eigenvalue weighted by molar-refractivity contribution is -0.120. The Hall–Kier alpha value is -1.15. The molecule has 1 rings (SSSR count). The molecule has 1 unspecified atom stereocenters. The van der Waals surface area contributed by atoms with Crippen molar-refractivity contribution in [3.8, 4) is 0 Å². The van der Waals surface area contributed by atoms with E-state index in [1.54, 1.807) is 32.2 Å². The van der Waals surface area contributed by atoms with Crippen molar-refractivity contribution in [3.05, 3.63) is 29.8 Å². The first-order valence-corrected chi connectivity index (χ1v) is 7.36. The number of benzene rings is 1. The molecule has 1 amide bonds. The van der Waals surface area contributed by atoms with Crippen LogP contribution in [-0.2, 0) is 14.8 Å². The molecule has 0 radical (unpaired) electrons. The van der Waals surface area contributed by atoms with Gasteiger partial charge in [-0.25, -0.2) is 13.1 Å². The van der Waals surface area contributed by atoms with E-state index >= 15 is 0 Å². The second-order valence-electron chi connectivity index (χ2n) is 4.10. The molecule has 0 aliphatic carbocycles. The van der Waals surface area contributed by atoms with Gasteiger partial charge in [0.1, 0.15) is 0 Å². The second kappa shape index (κ2) is 8.21. The molecule has 0 saturated carbocycles. The molecule has 0 saturated heterocycles. The lowest BCUT2D eigenvalue weighted by atomic mass is 10.1. The SMILES string of the molecule is CNCC(=O)NC(C)c1cccc(S(=O)(=O)NC)c1.Cl. The number of amides is 1. The van der Waals surface area contributed by atoms with Crippen molar-refractivity contribution in [1.29, 1.82) is 0 Å². The molecule has 0 fully saturated rings. The van der Waals surface area contributed by atoms with Gasteiger partial charge in [-0.15, -0.1) is 12.4 Å². The summed E-state index contributed by atoms with van der Waals surface area (Å²) in [4.78, 5) is 11.6. The van der Waals surface area contributed by atoms with Gasteiger partial charge in [0.25, 0.3) is 0 Å². The van der Waals surface area contributed by atoms with Gasteiger partial charge >= 0.3 is 0 Å². The van der Waals surface area contributed by atoms with Gasteiger partial charge in [-0.05, 0) is 38.7 Å². The number of likely N-dealkylation sites (N-methyl/N-ethyl adjacent to an activating group) is 1. The first-order chi connectivity index (χ1) is 8.90. The smallest absolute Gasteiger partial charge is 0.240 e. The third-order valence-electron chi connectivity index (χ3n) is 2.65. The zero-order valence-electron chi connectivity index (χ0n) is 11.6. The summed E-state index contributed by atoms with van der Waals surface area (Å²) in [7, 11) is -0.422. The van der Waals surface area contributed by atoms with Crippen LogP contribution in [0.4, 0.5) is 0 Å². The molecule has 0 bridgehead atoms. The third-order valence-corrected chi connectivity index (χ3v) is 4.06. The minimum atomic E-state index is -3.47. The Morgan fingerprint density at radius 2 is 1.95 bits per heavy atom. The maximum atomic E-state index is 11.7. The van der Waals surface area contributed by atoms with Gasteiger partial charge in [-0.2, -0.15) is 0 Å². The summed E-state index contributed by atoms with van der Waals surface area (Å²) >= 11 is 0. The predicted octanol–water partition coefficient (Wildman–Crippen LogP) is 0.413. The summed E-state index contributed by atoms with van der Waals surface area (Å²) in [5, 5.41) is 5.53. The van der Waals surface area contributed by atoms with Crippen molar-refractivity contribution < 1.29 is 13.2 Å². The number of hydrogen-bond acceptors (Lipinski definition) is 4. The highest BCUT2D eigenvalue weighted by molar-refractivity contribution is 7.89. The number of hydrogen-bond donors (Lipinski definition) is 3. The van der Waals surface area contributed by atoms with E-state index in [-0.39, 0.29) is 35.8 Å². The number of carbonyl (C=O) groups is 1. The quantitative estimate of drug-likeness (QED) is 0.708. The van der Waals surface area contributed by atoms with Crippen LogP contribution < -0.4 is 15.4 Å². The molecule has 0 aliphatic heterocycles. The molecule has 1 aromatic rings. The van der Waals surface area contributed by atoms with Gasteiger partial charge in [0, 0.05) is 0 Å². The van der Waals surface area contributed by atoms with E-state index in [2.05, 4.69) is 15.4 Å². The molecule has 0 spiro atoms. The predicted molar refractivity (Wildman–Crippen MR) is 80.4 cm³/mol. The van der Waals surface area contributed by atoms with Gasteiger partial charge in [-0.3, -0.25) is 4.79 Å². The molecule has 0 heterocycles. The lowest BCUT2D eigenvalue weighted by Crippen LogP contribution is -2.34. The van der Waals surface area contributed by atoms with Gasteiger partial charge in [0.15, 0.2) is 0 Å². The monoisotopic (exact) mass is 321 g/mol. The minimum Gasteiger partial charge on any atom is -0.348 e. The van der Waals surface area contributed by atoms with Crippen molar-refractivity contribution in [3.63, 3.8) is 0 Å². The molecule has 8 heteroatoms. The minimum absolute atomic E-state index is 0. The van der Waals surface area contributed by atoms with Gasteiger partial charge in [0.2, 0.25) is 15.9 Å². The number of carbonyl (C=O) groups excluding carboxylic acids is 1. The summed E-state index contributed by atoms with van der Waals surface area (Å²) in [6.07, 6.45) is 0. The Balaban J connectivity index is 0.00000361. The molecule has 1 atom stereocenters. The summed E-state index contributed by atoms with van der Waals surface area (Å²) in [6, 6.07) is 6.24. The maximum Gasteiger partial charge on any atom is 0.240 e. The Kier molecular flexibility index (Phi) is 7.74. The molecule has 114 valence electrons. The Morgan fingerprint density at radius 1 is 1.30 bits per heavy atom. The van der Waals surface area contributed by atoms with Crippen molar-refractivity contribution >= 4 is 28.3 Å². The van der Waals surface area contributed by atoms with Crippen molar-refractivity contribution in [2.75, 3.05) is 20.6 Å². The number of sulfonamides is 1. The standard InChI is InChI=1S/C12H19N3O3S.ClH/c1-9(15-12(16)8-13-2)10-5-4-6-11(7-10)19(17,18)14-3;/h4-7,9,13-14H,8H2,1-3H3,(H,15,16);1H. The molecular weight excluding hydrogens is 302 g/mol. The van der Waals surface area contributed by atoms with Crippen LogP contribution in [0.2, 0.25) is 0 Å². The first kappa shape index (κ1) is 18.9. The highest BCUT2D eigenvalue weighted by atomic mass is 35.5. The van der Waals surface area contributed by atoms with Crippen LogP contribution in [-0.4, -0.2) is 35.0 Å². The number of rotatable bonds is 6. The molecule has 0 aliphatic rings.